The lowest BCUT2D eigenvalue weighted by Crippen LogP contribution is -1.94. The fraction of sp³-hybridized carbons (Fsp3) is 0.0769. The van der Waals surface area contributed by atoms with Gasteiger partial charge in [0.15, 0.2) is 17.5 Å². The first kappa shape index (κ1) is 18.4. The monoisotopic (exact) mass is 304 g/mol. The van der Waals surface area contributed by atoms with Crippen molar-refractivity contribution in [1.82, 2.24) is 0 Å². The summed E-state index contributed by atoms with van der Waals surface area (Å²) in [6, 6.07) is 6.48. The van der Waals surface area contributed by atoms with E-state index in [2.05, 4.69) is 0 Å². The molecule has 0 aliphatic heterocycles. The molecule has 0 aliphatic carbocycles. The number of nitrogens with two attached hydrogens (primary N) is 1. The van der Waals surface area contributed by atoms with E-state index in [1.54, 1.807) is 0 Å². The minimum atomic E-state index is -1.42. The predicted octanol–water partition coefficient (Wildman–Crippen LogP) is 4.06. The average molecular weight is 304 g/mol. The highest BCUT2D eigenvalue weighted by Crippen LogP contribution is 2.18. The molecule has 0 aliphatic rings. The number of nitro groups is 1. The molecule has 0 unspecified atom stereocenters. The van der Waals surface area contributed by atoms with E-state index in [0.29, 0.717) is 0 Å². The standard InChI is InChI=1S/C6H3F2NO2.C6H5F2N.CH4/c7-4-2-1-3-5(6(4)8)9(10)11;7-4-2-1-3-5(9)6(4)8;/h1-3H;1-3H,9H2;1H4. The number of halogens is 4. The van der Waals surface area contributed by atoms with E-state index >= 15 is 0 Å². The molecule has 0 amide bonds. The van der Waals surface area contributed by atoms with Gasteiger partial charge >= 0.3 is 5.69 Å². The third-order valence-electron chi connectivity index (χ3n) is 2.11. The summed E-state index contributed by atoms with van der Waals surface area (Å²) in [6.45, 7) is 0. The molecule has 0 atom stereocenters. The van der Waals surface area contributed by atoms with E-state index in [9.17, 15) is 27.7 Å². The van der Waals surface area contributed by atoms with Crippen LogP contribution in [-0.4, -0.2) is 4.92 Å². The number of hydrogen-bond acceptors (Lipinski definition) is 3. The maximum atomic E-state index is 12.4. The first-order valence-electron chi connectivity index (χ1n) is 5.12. The van der Waals surface area contributed by atoms with Crippen molar-refractivity contribution in [3.8, 4) is 0 Å². The molecule has 4 nitrogen and oxygen atoms in total. The lowest BCUT2D eigenvalue weighted by Gasteiger charge is -1.93. The van der Waals surface area contributed by atoms with Crippen LogP contribution in [0.5, 0.6) is 0 Å². The van der Waals surface area contributed by atoms with Crippen LogP contribution < -0.4 is 5.73 Å². The fourth-order valence-corrected chi connectivity index (χ4v) is 1.15. The van der Waals surface area contributed by atoms with Gasteiger partial charge in [0.05, 0.1) is 10.6 Å². The molecular weight excluding hydrogens is 292 g/mol. The molecule has 0 aromatic heterocycles. The molecular formula is C13H12F4N2O2. The molecule has 2 rings (SSSR count). The second-order valence-electron chi connectivity index (χ2n) is 3.47. The second kappa shape index (κ2) is 7.83. The highest BCUT2D eigenvalue weighted by Gasteiger charge is 2.16. The van der Waals surface area contributed by atoms with Crippen LogP contribution in [0.4, 0.5) is 28.9 Å². The first-order chi connectivity index (χ1) is 9.34. The van der Waals surface area contributed by atoms with Gasteiger partial charge in [0, 0.05) is 6.07 Å². The van der Waals surface area contributed by atoms with E-state index in [0.717, 1.165) is 24.3 Å². The molecule has 8 heteroatoms. The van der Waals surface area contributed by atoms with Crippen LogP contribution in [0.15, 0.2) is 36.4 Å². The number of nitro benzene ring substituents is 1. The molecule has 2 aromatic rings. The summed E-state index contributed by atoms with van der Waals surface area (Å²) in [7, 11) is 0. The highest BCUT2D eigenvalue weighted by molar-refractivity contribution is 5.39. The van der Waals surface area contributed by atoms with Crippen LogP contribution >= 0.6 is 0 Å². The van der Waals surface area contributed by atoms with Crippen molar-refractivity contribution in [1.29, 1.82) is 0 Å². The lowest BCUT2D eigenvalue weighted by atomic mass is 10.3. The Morgan fingerprint density at radius 2 is 1.38 bits per heavy atom. The summed E-state index contributed by atoms with van der Waals surface area (Å²) in [5.74, 6) is -4.51. The van der Waals surface area contributed by atoms with Crippen LogP contribution in [0.3, 0.4) is 0 Å². The molecule has 0 heterocycles. The van der Waals surface area contributed by atoms with Gasteiger partial charge in [-0.3, -0.25) is 10.1 Å². The minimum Gasteiger partial charge on any atom is -0.396 e. The zero-order valence-corrected chi connectivity index (χ0v) is 9.82. The largest absolute Gasteiger partial charge is 0.396 e. The summed E-state index contributed by atoms with van der Waals surface area (Å²) in [4.78, 5) is 9.00. The van der Waals surface area contributed by atoms with Crippen molar-refractivity contribution in [2.75, 3.05) is 5.73 Å². The van der Waals surface area contributed by atoms with Gasteiger partial charge < -0.3 is 5.73 Å². The summed E-state index contributed by atoms with van der Waals surface area (Å²) in [5.41, 5.74) is 4.01. The Bertz CT molecular complexity index is 615. The number of nitrogen functional groups attached to an aromatic ring is 1. The molecule has 2 aromatic carbocycles. The number of nitrogens with zero attached hydrogens (tertiary/aromatic N) is 1. The van der Waals surface area contributed by atoms with Crippen LogP contribution in [0, 0.1) is 33.4 Å². The van der Waals surface area contributed by atoms with Gasteiger partial charge in [-0.25, -0.2) is 13.2 Å². The van der Waals surface area contributed by atoms with Crippen LogP contribution in [0.2, 0.25) is 0 Å². The Kier molecular flexibility index (Phi) is 6.85. The average Bonchev–Trinajstić information content (AvgIpc) is 2.39. The smallest absolute Gasteiger partial charge is 0.307 e. The van der Waals surface area contributed by atoms with E-state index in [1.165, 1.54) is 12.1 Å². The highest BCUT2D eigenvalue weighted by atomic mass is 19.2. The topological polar surface area (TPSA) is 69.2 Å². The van der Waals surface area contributed by atoms with Crippen molar-refractivity contribution in [3.63, 3.8) is 0 Å². The summed E-state index contributed by atoms with van der Waals surface area (Å²) in [5, 5.41) is 9.97. The third-order valence-corrected chi connectivity index (χ3v) is 2.11. The summed E-state index contributed by atoms with van der Waals surface area (Å²) >= 11 is 0. The zero-order valence-electron chi connectivity index (χ0n) is 9.82. The molecule has 2 N–H and O–H groups in total. The van der Waals surface area contributed by atoms with E-state index in [4.69, 9.17) is 5.73 Å². The Morgan fingerprint density at radius 1 is 0.905 bits per heavy atom. The number of rotatable bonds is 1. The van der Waals surface area contributed by atoms with Gasteiger partial charge in [-0.15, -0.1) is 0 Å². The number of benzene rings is 2. The van der Waals surface area contributed by atoms with Crippen LogP contribution in [-0.2, 0) is 0 Å². The quantitative estimate of drug-likeness (QED) is 0.374. The third kappa shape index (κ3) is 4.75. The maximum absolute atomic E-state index is 12.4. The van der Waals surface area contributed by atoms with Gasteiger partial charge in [-0.2, -0.15) is 4.39 Å². The number of anilines is 1. The molecule has 0 spiro atoms. The van der Waals surface area contributed by atoms with Crippen LogP contribution in [0.25, 0.3) is 0 Å². The van der Waals surface area contributed by atoms with Gasteiger partial charge in [0.1, 0.15) is 0 Å². The van der Waals surface area contributed by atoms with Crippen molar-refractivity contribution >= 4 is 11.4 Å². The van der Waals surface area contributed by atoms with Gasteiger partial charge in [0.25, 0.3) is 0 Å². The van der Waals surface area contributed by atoms with E-state index < -0.39 is 33.9 Å². The Hall–Kier alpha value is -2.64. The van der Waals surface area contributed by atoms with Gasteiger partial charge in [-0.05, 0) is 18.2 Å². The van der Waals surface area contributed by atoms with Gasteiger partial charge in [-0.1, -0.05) is 19.6 Å². The van der Waals surface area contributed by atoms with Crippen LogP contribution in [0.1, 0.15) is 7.43 Å². The molecule has 21 heavy (non-hydrogen) atoms. The first-order valence-corrected chi connectivity index (χ1v) is 5.12. The van der Waals surface area contributed by atoms with Gasteiger partial charge in [0.2, 0.25) is 5.82 Å². The molecule has 0 saturated heterocycles. The zero-order chi connectivity index (χ0) is 15.3. The van der Waals surface area contributed by atoms with E-state index in [1.807, 2.05) is 0 Å². The maximum Gasteiger partial charge on any atom is 0.307 e. The molecule has 0 radical (unpaired) electrons. The van der Waals surface area contributed by atoms with Crippen molar-refractivity contribution in [2.24, 2.45) is 0 Å². The van der Waals surface area contributed by atoms with Crippen molar-refractivity contribution < 1.29 is 22.5 Å². The Balaban J connectivity index is 0.000000370. The second-order valence-corrected chi connectivity index (χ2v) is 3.47. The summed E-state index contributed by atoms with van der Waals surface area (Å²) < 4.78 is 49.1. The normalized spacial score (nSPS) is 9.14. The van der Waals surface area contributed by atoms with E-state index in [-0.39, 0.29) is 13.1 Å². The predicted molar refractivity (Wildman–Crippen MR) is 70.5 cm³/mol. The number of hydrogen-bond donors (Lipinski definition) is 1. The SMILES string of the molecule is C.Nc1cccc(F)c1F.O=[N+]([O-])c1cccc(F)c1F. The Morgan fingerprint density at radius 3 is 1.76 bits per heavy atom. The molecule has 0 saturated carbocycles. The lowest BCUT2D eigenvalue weighted by molar-refractivity contribution is -0.387. The molecule has 0 bridgehead atoms. The Labute approximate surface area is 118 Å². The van der Waals surface area contributed by atoms with Crippen molar-refractivity contribution in [2.45, 2.75) is 7.43 Å². The summed E-state index contributed by atoms with van der Waals surface area (Å²) in [6.07, 6.45) is 0. The molecule has 0 fully saturated rings. The molecule has 114 valence electrons. The minimum absolute atomic E-state index is 0. The van der Waals surface area contributed by atoms with Crippen molar-refractivity contribution in [3.05, 3.63) is 69.8 Å². The fourth-order valence-electron chi connectivity index (χ4n) is 1.15.